The number of benzene rings is 2. The molecule has 0 aliphatic carbocycles. The molecule has 0 spiro atoms. The number of fused-ring (bicyclic) bond motifs is 1. The summed E-state index contributed by atoms with van der Waals surface area (Å²) >= 11 is 2.19. The molecule has 3 rings (SSSR count). The molecule has 23 heavy (non-hydrogen) atoms. The van der Waals surface area contributed by atoms with Crippen LogP contribution in [0.4, 0.5) is 4.39 Å². The van der Waals surface area contributed by atoms with Gasteiger partial charge in [0.25, 0.3) is 0 Å². The second kappa shape index (κ2) is 5.84. The van der Waals surface area contributed by atoms with Gasteiger partial charge in [-0.15, -0.1) is 0 Å². The number of hydrogen-bond acceptors (Lipinski definition) is 3. The first-order valence-electron chi connectivity index (χ1n) is 6.79. The van der Waals surface area contributed by atoms with Crippen LogP contribution in [0.1, 0.15) is 10.4 Å². The van der Waals surface area contributed by atoms with Crippen molar-refractivity contribution in [2.24, 2.45) is 7.05 Å². The molecule has 1 aromatic heterocycles. The molecule has 4 nitrogen and oxygen atoms in total. The van der Waals surface area contributed by atoms with E-state index < -0.39 is 5.97 Å². The zero-order chi connectivity index (χ0) is 16.7. The van der Waals surface area contributed by atoms with Crippen LogP contribution in [0, 0.1) is 9.39 Å². The van der Waals surface area contributed by atoms with Crippen molar-refractivity contribution in [1.29, 1.82) is 0 Å². The van der Waals surface area contributed by atoms with Crippen molar-refractivity contribution in [2.45, 2.75) is 0 Å². The van der Waals surface area contributed by atoms with Gasteiger partial charge in [0.15, 0.2) is 0 Å². The minimum atomic E-state index is -0.590. The largest absolute Gasteiger partial charge is 0.507 e. The van der Waals surface area contributed by atoms with Crippen LogP contribution < -0.4 is 0 Å². The molecule has 0 bridgehead atoms. The van der Waals surface area contributed by atoms with Gasteiger partial charge < -0.3 is 14.4 Å². The van der Waals surface area contributed by atoms with Crippen LogP contribution in [0.15, 0.2) is 36.4 Å². The van der Waals surface area contributed by atoms with E-state index in [1.165, 1.54) is 25.3 Å². The van der Waals surface area contributed by atoms with Crippen LogP contribution in [-0.4, -0.2) is 22.8 Å². The third-order valence-electron chi connectivity index (χ3n) is 3.78. The number of halogens is 2. The fraction of sp³-hybridized carbons (Fsp3) is 0.118. The molecule has 0 atom stereocenters. The molecule has 0 saturated carbocycles. The predicted molar refractivity (Wildman–Crippen MR) is 94.0 cm³/mol. The number of ether oxygens (including phenoxy) is 1. The van der Waals surface area contributed by atoms with Crippen LogP contribution in [0.25, 0.3) is 22.2 Å². The lowest BCUT2D eigenvalue weighted by atomic mass is 10.1. The lowest BCUT2D eigenvalue weighted by Crippen LogP contribution is -2.01. The lowest BCUT2D eigenvalue weighted by Gasteiger charge is -2.06. The molecule has 1 N–H and O–H groups in total. The Hall–Kier alpha value is -2.09. The number of nitrogens with zero attached hydrogens (tertiary/aromatic N) is 1. The Morgan fingerprint density at radius 2 is 1.91 bits per heavy atom. The van der Waals surface area contributed by atoms with Crippen molar-refractivity contribution in [3.8, 4) is 17.0 Å². The van der Waals surface area contributed by atoms with Gasteiger partial charge in [-0.3, -0.25) is 0 Å². The second-order valence-electron chi connectivity index (χ2n) is 5.11. The minimum absolute atomic E-state index is 0.120. The lowest BCUT2D eigenvalue weighted by molar-refractivity contribution is 0.0597. The predicted octanol–water partition coefficient (Wildman–Crippen LogP) is 4.08. The van der Waals surface area contributed by atoms with Crippen molar-refractivity contribution in [2.75, 3.05) is 7.11 Å². The van der Waals surface area contributed by atoms with Gasteiger partial charge in [0.2, 0.25) is 0 Å². The van der Waals surface area contributed by atoms with Gasteiger partial charge in [-0.05, 0) is 58.5 Å². The summed E-state index contributed by atoms with van der Waals surface area (Å²) in [6, 6.07) is 9.36. The fourth-order valence-corrected chi connectivity index (χ4v) is 3.73. The van der Waals surface area contributed by atoms with E-state index in [1.807, 2.05) is 11.6 Å². The molecule has 6 heteroatoms. The molecule has 0 aliphatic heterocycles. The van der Waals surface area contributed by atoms with Crippen LogP contribution >= 0.6 is 22.6 Å². The summed E-state index contributed by atoms with van der Waals surface area (Å²) in [5.74, 6) is -1.02. The first-order chi connectivity index (χ1) is 10.9. The first kappa shape index (κ1) is 15.8. The van der Waals surface area contributed by atoms with Crippen LogP contribution in [-0.2, 0) is 11.8 Å². The quantitative estimate of drug-likeness (QED) is 0.498. The highest BCUT2D eigenvalue weighted by Crippen LogP contribution is 2.37. The van der Waals surface area contributed by atoms with Gasteiger partial charge in [-0.2, -0.15) is 0 Å². The Kier molecular flexibility index (Phi) is 4.01. The van der Waals surface area contributed by atoms with Gasteiger partial charge in [0, 0.05) is 22.1 Å². The smallest absolute Gasteiger partial charge is 0.341 e. The number of aromatic hydroxyl groups is 1. The monoisotopic (exact) mass is 425 g/mol. The number of phenolic OH excluding ortho intramolecular Hbond substituents is 1. The Balaban J connectivity index is 2.29. The molecule has 0 saturated heterocycles. The van der Waals surface area contributed by atoms with Gasteiger partial charge in [0.1, 0.15) is 17.1 Å². The van der Waals surface area contributed by atoms with E-state index in [0.717, 1.165) is 25.7 Å². The number of phenols is 1. The number of methoxy groups -OCH3 is 1. The summed E-state index contributed by atoms with van der Waals surface area (Å²) in [4.78, 5) is 11.8. The zero-order valence-electron chi connectivity index (χ0n) is 12.4. The SMILES string of the molecule is COC(=O)c1cc2c(I)c(-c3ccc(F)cc3)n(C)c2cc1O. The molecule has 0 radical (unpaired) electrons. The summed E-state index contributed by atoms with van der Waals surface area (Å²) < 4.78 is 20.7. The van der Waals surface area contributed by atoms with E-state index in [-0.39, 0.29) is 17.1 Å². The maximum atomic E-state index is 13.1. The molecular weight excluding hydrogens is 412 g/mol. The van der Waals surface area contributed by atoms with E-state index in [2.05, 4.69) is 22.6 Å². The summed E-state index contributed by atoms with van der Waals surface area (Å²) in [7, 11) is 3.13. The van der Waals surface area contributed by atoms with E-state index in [0.29, 0.717) is 0 Å². The average molecular weight is 425 g/mol. The zero-order valence-corrected chi connectivity index (χ0v) is 14.6. The van der Waals surface area contributed by atoms with Gasteiger partial charge >= 0.3 is 5.97 Å². The van der Waals surface area contributed by atoms with E-state index in [1.54, 1.807) is 18.2 Å². The Labute approximate surface area is 145 Å². The third kappa shape index (κ3) is 2.56. The second-order valence-corrected chi connectivity index (χ2v) is 6.19. The number of esters is 1. The molecule has 118 valence electrons. The standard InChI is InChI=1S/C17H13FINO3/c1-20-13-8-14(21)12(17(22)23-2)7-11(13)15(19)16(20)9-3-5-10(18)6-4-9/h3-8,21H,1-2H3. The molecule has 0 amide bonds. The molecule has 0 fully saturated rings. The Bertz CT molecular complexity index is 916. The number of aromatic nitrogens is 1. The average Bonchev–Trinajstić information content (AvgIpc) is 2.78. The summed E-state index contributed by atoms with van der Waals surface area (Å²) in [6.07, 6.45) is 0. The number of carbonyl (C=O) groups excluding carboxylic acids is 1. The van der Waals surface area contributed by atoms with Crippen LogP contribution in [0.2, 0.25) is 0 Å². The Morgan fingerprint density at radius 1 is 1.26 bits per heavy atom. The van der Waals surface area contributed by atoms with Crippen LogP contribution in [0.5, 0.6) is 5.75 Å². The van der Waals surface area contributed by atoms with Crippen molar-refractivity contribution >= 4 is 39.5 Å². The van der Waals surface area contributed by atoms with Crippen molar-refractivity contribution in [3.05, 3.63) is 51.3 Å². The number of aryl methyl sites for hydroxylation is 1. The highest BCUT2D eigenvalue weighted by Gasteiger charge is 2.20. The fourth-order valence-electron chi connectivity index (χ4n) is 2.63. The molecular formula is C17H13FINO3. The van der Waals surface area contributed by atoms with Crippen LogP contribution in [0.3, 0.4) is 0 Å². The summed E-state index contributed by atoms with van der Waals surface area (Å²) in [5.41, 5.74) is 2.64. The molecule has 0 aliphatic rings. The highest BCUT2D eigenvalue weighted by atomic mass is 127. The van der Waals surface area contributed by atoms with Gasteiger partial charge in [-0.25, -0.2) is 9.18 Å². The number of hydrogen-bond donors (Lipinski definition) is 1. The molecule has 2 aromatic carbocycles. The van der Waals surface area contributed by atoms with E-state index >= 15 is 0 Å². The van der Waals surface area contributed by atoms with Crippen molar-refractivity contribution in [3.63, 3.8) is 0 Å². The number of carbonyl (C=O) groups is 1. The topological polar surface area (TPSA) is 51.5 Å². The Morgan fingerprint density at radius 3 is 2.52 bits per heavy atom. The first-order valence-corrected chi connectivity index (χ1v) is 7.87. The maximum Gasteiger partial charge on any atom is 0.341 e. The molecule has 0 unspecified atom stereocenters. The van der Waals surface area contributed by atoms with Gasteiger partial charge in [-0.1, -0.05) is 0 Å². The molecule has 1 heterocycles. The molecule has 3 aromatic rings. The summed E-state index contributed by atoms with van der Waals surface area (Å²) in [5, 5.41) is 10.9. The maximum absolute atomic E-state index is 13.1. The summed E-state index contributed by atoms with van der Waals surface area (Å²) in [6.45, 7) is 0. The third-order valence-corrected chi connectivity index (χ3v) is 4.87. The highest BCUT2D eigenvalue weighted by molar-refractivity contribution is 14.1. The van der Waals surface area contributed by atoms with Crippen molar-refractivity contribution < 1.29 is 19.0 Å². The van der Waals surface area contributed by atoms with Gasteiger partial charge in [0.05, 0.1) is 18.3 Å². The normalized spacial score (nSPS) is 11.0. The van der Waals surface area contributed by atoms with E-state index in [9.17, 15) is 14.3 Å². The van der Waals surface area contributed by atoms with Crippen molar-refractivity contribution in [1.82, 2.24) is 4.57 Å². The van der Waals surface area contributed by atoms with E-state index in [4.69, 9.17) is 4.74 Å². The minimum Gasteiger partial charge on any atom is -0.507 e. The number of rotatable bonds is 2.